The number of guanidine groups is 1. The highest BCUT2D eigenvalue weighted by molar-refractivity contribution is 14.0. The van der Waals surface area contributed by atoms with Gasteiger partial charge in [0.25, 0.3) is 0 Å². The summed E-state index contributed by atoms with van der Waals surface area (Å²) < 4.78 is 5.82. The van der Waals surface area contributed by atoms with Crippen LogP contribution in [-0.4, -0.2) is 48.6 Å². The van der Waals surface area contributed by atoms with Gasteiger partial charge < -0.3 is 15.4 Å². The summed E-state index contributed by atoms with van der Waals surface area (Å²) in [6.45, 7) is 7.28. The van der Waals surface area contributed by atoms with Crippen molar-refractivity contribution >= 4 is 41.7 Å². The highest BCUT2D eigenvalue weighted by atomic mass is 127. The largest absolute Gasteiger partial charge is 0.491 e. The molecule has 1 heterocycles. The van der Waals surface area contributed by atoms with Crippen LogP contribution in [0.4, 0.5) is 0 Å². The van der Waals surface area contributed by atoms with Crippen LogP contribution in [0.2, 0.25) is 0 Å². The summed E-state index contributed by atoms with van der Waals surface area (Å²) in [5, 5.41) is 0. The van der Waals surface area contributed by atoms with Crippen molar-refractivity contribution in [3.8, 4) is 5.75 Å². The molecule has 4 nitrogen and oxygen atoms in total. The average molecular weight is 421 g/mol. The summed E-state index contributed by atoms with van der Waals surface area (Å²) in [6.07, 6.45) is 0. The van der Waals surface area contributed by atoms with Crippen molar-refractivity contribution in [2.75, 3.05) is 37.7 Å². The van der Waals surface area contributed by atoms with Gasteiger partial charge in [0.15, 0.2) is 5.96 Å². The second-order valence-corrected chi connectivity index (χ2v) is 6.13. The van der Waals surface area contributed by atoms with Crippen LogP contribution in [0.15, 0.2) is 23.2 Å². The van der Waals surface area contributed by atoms with Crippen molar-refractivity contribution in [2.45, 2.75) is 13.8 Å². The van der Waals surface area contributed by atoms with Crippen molar-refractivity contribution in [3.05, 3.63) is 29.3 Å². The lowest BCUT2D eigenvalue weighted by Gasteiger charge is -2.27. The Morgan fingerprint density at radius 1 is 1.29 bits per heavy atom. The lowest BCUT2D eigenvalue weighted by molar-refractivity contribution is 0.323. The van der Waals surface area contributed by atoms with Crippen LogP contribution in [-0.2, 0) is 0 Å². The second kappa shape index (κ2) is 9.40. The highest BCUT2D eigenvalue weighted by Gasteiger charge is 2.11. The first-order valence-electron chi connectivity index (χ1n) is 7.00. The molecular weight excluding hydrogens is 397 g/mol. The summed E-state index contributed by atoms with van der Waals surface area (Å²) in [7, 11) is 0. The Labute approximate surface area is 148 Å². The molecule has 1 aliphatic heterocycles. The van der Waals surface area contributed by atoms with E-state index in [2.05, 4.69) is 35.9 Å². The molecule has 0 spiro atoms. The second-order valence-electron chi connectivity index (χ2n) is 4.91. The van der Waals surface area contributed by atoms with E-state index in [9.17, 15) is 0 Å². The highest BCUT2D eigenvalue weighted by Crippen LogP contribution is 2.21. The Bertz CT molecular complexity index is 456. The van der Waals surface area contributed by atoms with Crippen molar-refractivity contribution in [1.29, 1.82) is 0 Å². The number of para-hydroxylation sites is 1. The molecule has 0 aliphatic carbocycles. The Morgan fingerprint density at radius 3 is 2.52 bits per heavy atom. The molecule has 0 atom stereocenters. The number of rotatable bonds is 4. The molecule has 0 bridgehead atoms. The zero-order valence-corrected chi connectivity index (χ0v) is 15.8. The topological polar surface area (TPSA) is 50.9 Å². The molecule has 1 aromatic rings. The Hall–Kier alpha value is -0.630. The minimum Gasteiger partial charge on any atom is -0.491 e. The third kappa shape index (κ3) is 5.58. The molecule has 0 unspecified atom stereocenters. The SMILES string of the molecule is Cc1cccc(C)c1OCCN=C(N)N1CCSCC1.I. The van der Waals surface area contributed by atoms with E-state index in [4.69, 9.17) is 10.5 Å². The molecule has 0 radical (unpaired) electrons. The molecule has 21 heavy (non-hydrogen) atoms. The van der Waals surface area contributed by atoms with E-state index in [1.807, 2.05) is 17.8 Å². The van der Waals surface area contributed by atoms with E-state index in [0.29, 0.717) is 19.1 Å². The van der Waals surface area contributed by atoms with Gasteiger partial charge in [-0.2, -0.15) is 11.8 Å². The van der Waals surface area contributed by atoms with Crippen LogP contribution in [0.25, 0.3) is 0 Å². The van der Waals surface area contributed by atoms with Crippen LogP contribution in [0.3, 0.4) is 0 Å². The number of ether oxygens (including phenoxy) is 1. The Kier molecular flexibility index (Phi) is 8.24. The maximum Gasteiger partial charge on any atom is 0.191 e. The van der Waals surface area contributed by atoms with Gasteiger partial charge in [0.2, 0.25) is 0 Å². The molecule has 6 heteroatoms. The Morgan fingerprint density at radius 2 is 1.90 bits per heavy atom. The van der Waals surface area contributed by atoms with Crippen molar-refractivity contribution < 1.29 is 4.74 Å². The first kappa shape index (κ1) is 18.4. The quantitative estimate of drug-likeness (QED) is 0.352. The van der Waals surface area contributed by atoms with Crippen LogP contribution < -0.4 is 10.5 Å². The Balaban J connectivity index is 0.00000220. The average Bonchev–Trinajstić information content (AvgIpc) is 2.46. The first-order valence-corrected chi connectivity index (χ1v) is 8.15. The minimum atomic E-state index is 0. The van der Waals surface area contributed by atoms with Gasteiger partial charge in [-0.05, 0) is 25.0 Å². The fraction of sp³-hybridized carbons (Fsp3) is 0.533. The van der Waals surface area contributed by atoms with E-state index in [1.54, 1.807) is 0 Å². The lowest BCUT2D eigenvalue weighted by Crippen LogP contribution is -2.42. The van der Waals surface area contributed by atoms with Crippen molar-refractivity contribution in [1.82, 2.24) is 4.90 Å². The third-order valence-corrected chi connectivity index (χ3v) is 4.30. The van der Waals surface area contributed by atoms with Crippen LogP contribution in [0, 0.1) is 13.8 Å². The van der Waals surface area contributed by atoms with Gasteiger partial charge in [0.05, 0.1) is 6.54 Å². The molecular formula is C15H24IN3OS. The number of aliphatic imine (C=N–C) groups is 1. The number of benzene rings is 1. The maximum absolute atomic E-state index is 6.00. The van der Waals surface area contributed by atoms with Crippen LogP contribution in [0.1, 0.15) is 11.1 Å². The summed E-state index contributed by atoms with van der Waals surface area (Å²) in [4.78, 5) is 6.56. The molecule has 0 saturated carbocycles. The van der Waals surface area contributed by atoms with Crippen LogP contribution in [0.5, 0.6) is 5.75 Å². The normalized spacial score (nSPS) is 15.5. The van der Waals surface area contributed by atoms with Gasteiger partial charge in [0, 0.05) is 24.6 Å². The number of hydrogen-bond acceptors (Lipinski definition) is 3. The number of hydrogen-bond donors (Lipinski definition) is 1. The predicted octanol–water partition coefficient (Wildman–Crippen LogP) is 2.66. The zero-order valence-electron chi connectivity index (χ0n) is 12.7. The summed E-state index contributed by atoms with van der Waals surface area (Å²) in [5.41, 5.74) is 8.32. The predicted molar refractivity (Wildman–Crippen MR) is 102 cm³/mol. The van der Waals surface area contributed by atoms with E-state index < -0.39 is 0 Å². The summed E-state index contributed by atoms with van der Waals surface area (Å²) in [6, 6.07) is 6.17. The molecule has 0 amide bonds. The minimum absolute atomic E-state index is 0. The van der Waals surface area contributed by atoms with Crippen molar-refractivity contribution in [3.63, 3.8) is 0 Å². The number of aryl methyl sites for hydroxylation is 2. The summed E-state index contributed by atoms with van der Waals surface area (Å²) in [5.74, 6) is 3.88. The molecule has 118 valence electrons. The zero-order chi connectivity index (χ0) is 14.4. The monoisotopic (exact) mass is 421 g/mol. The van der Waals surface area contributed by atoms with Crippen LogP contribution >= 0.6 is 35.7 Å². The van der Waals surface area contributed by atoms with Gasteiger partial charge in [-0.3, -0.25) is 0 Å². The summed E-state index contributed by atoms with van der Waals surface area (Å²) >= 11 is 1.97. The number of thioether (sulfide) groups is 1. The lowest BCUT2D eigenvalue weighted by atomic mass is 10.1. The van der Waals surface area contributed by atoms with Gasteiger partial charge in [0.1, 0.15) is 12.4 Å². The molecule has 1 aliphatic rings. The molecule has 2 rings (SSSR count). The smallest absolute Gasteiger partial charge is 0.191 e. The van der Waals surface area contributed by atoms with E-state index in [-0.39, 0.29) is 24.0 Å². The molecule has 1 fully saturated rings. The molecule has 1 aromatic carbocycles. The van der Waals surface area contributed by atoms with Crippen molar-refractivity contribution in [2.24, 2.45) is 10.7 Å². The number of halogens is 1. The fourth-order valence-corrected chi connectivity index (χ4v) is 3.13. The first-order chi connectivity index (χ1) is 9.68. The molecule has 0 aromatic heterocycles. The van der Waals surface area contributed by atoms with E-state index >= 15 is 0 Å². The number of nitrogens with two attached hydrogens (primary N) is 1. The maximum atomic E-state index is 6.00. The van der Waals surface area contributed by atoms with Gasteiger partial charge >= 0.3 is 0 Å². The fourth-order valence-electron chi connectivity index (χ4n) is 2.23. The van der Waals surface area contributed by atoms with E-state index in [0.717, 1.165) is 41.5 Å². The third-order valence-electron chi connectivity index (χ3n) is 3.36. The molecule has 1 saturated heterocycles. The number of nitrogens with zero attached hydrogens (tertiary/aromatic N) is 2. The van der Waals surface area contributed by atoms with Gasteiger partial charge in [-0.25, -0.2) is 4.99 Å². The van der Waals surface area contributed by atoms with Gasteiger partial charge in [-0.15, -0.1) is 24.0 Å². The molecule has 2 N–H and O–H groups in total. The van der Waals surface area contributed by atoms with Gasteiger partial charge in [-0.1, -0.05) is 18.2 Å². The standard InChI is InChI=1S/C15H23N3OS.HI/c1-12-4-3-5-13(2)14(12)19-9-6-17-15(16)18-7-10-20-11-8-18;/h3-5H,6-11H2,1-2H3,(H2,16,17);1H. The van der Waals surface area contributed by atoms with E-state index in [1.165, 1.54) is 0 Å².